The molecule has 1 aliphatic rings. The molecule has 0 bridgehead atoms. The van der Waals surface area contributed by atoms with Crippen molar-refractivity contribution >= 4 is 5.82 Å². The molecule has 1 saturated heterocycles. The van der Waals surface area contributed by atoms with E-state index in [1.807, 2.05) is 6.20 Å². The van der Waals surface area contributed by atoms with Crippen LogP contribution in [0, 0.1) is 0 Å². The third-order valence-corrected chi connectivity index (χ3v) is 3.72. The van der Waals surface area contributed by atoms with E-state index in [2.05, 4.69) is 47.9 Å². The highest BCUT2D eigenvalue weighted by molar-refractivity contribution is 5.47. The molecule has 0 aromatic carbocycles. The second-order valence-corrected chi connectivity index (χ2v) is 5.36. The van der Waals surface area contributed by atoms with Gasteiger partial charge in [0.25, 0.3) is 0 Å². The highest BCUT2D eigenvalue weighted by atomic mass is 15.2. The van der Waals surface area contributed by atoms with E-state index in [4.69, 9.17) is 0 Å². The van der Waals surface area contributed by atoms with Gasteiger partial charge in [-0.25, -0.2) is 4.98 Å². The summed E-state index contributed by atoms with van der Waals surface area (Å²) in [6, 6.07) is 4.88. The number of piperidine rings is 1. The highest BCUT2D eigenvalue weighted by Crippen LogP contribution is 2.34. The maximum atomic E-state index is 4.55. The zero-order valence-corrected chi connectivity index (χ0v) is 11.9. The third-order valence-electron chi connectivity index (χ3n) is 3.72. The van der Waals surface area contributed by atoms with Gasteiger partial charge in [-0.1, -0.05) is 19.4 Å². The van der Waals surface area contributed by atoms with Gasteiger partial charge < -0.3 is 4.90 Å². The summed E-state index contributed by atoms with van der Waals surface area (Å²) >= 11 is 0. The normalized spacial score (nSPS) is 20.9. The van der Waals surface area contributed by atoms with Crippen molar-refractivity contribution in [2.24, 2.45) is 0 Å². The molecule has 1 aromatic rings. The van der Waals surface area contributed by atoms with Crippen molar-refractivity contribution in [1.29, 1.82) is 0 Å². The average molecular weight is 247 g/mol. The number of pyridine rings is 1. The Kier molecular flexibility index (Phi) is 4.59. The number of nitrogens with zero attached hydrogens (tertiary/aromatic N) is 3. The number of anilines is 1. The quantitative estimate of drug-likeness (QED) is 0.815. The van der Waals surface area contributed by atoms with Crippen LogP contribution in [0.25, 0.3) is 0 Å². The van der Waals surface area contributed by atoms with E-state index in [9.17, 15) is 0 Å². The van der Waals surface area contributed by atoms with Gasteiger partial charge in [-0.3, -0.25) is 4.90 Å². The van der Waals surface area contributed by atoms with Crippen LogP contribution >= 0.6 is 0 Å². The van der Waals surface area contributed by atoms with E-state index in [1.54, 1.807) is 0 Å². The fourth-order valence-electron chi connectivity index (χ4n) is 2.94. The molecule has 1 aromatic heterocycles. The van der Waals surface area contributed by atoms with Gasteiger partial charge in [0.2, 0.25) is 0 Å². The Morgan fingerprint density at radius 3 is 2.94 bits per heavy atom. The summed E-state index contributed by atoms with van der Waals surface area (Å²) in [4.78, 5) is 9.31. The van der Waals surface area contributed by atoms with Gasteiger partial charge in [0.05, 0.1) is 0 Å². The number of hydrogen-bond donors (Lipinski definition) is 0. The second-order valence-electron chi connectivity index (χ2n) is 5.36. The average Bonchev–Trinajstić information content (AvgIpc) is 2.40. The van der Waals surface area contributed by atoms with Crippen molar-refractivity contribution in [3.8, 4) is 0 Å². The van der Waals surface area contributed by atoms with Crippen LogP contribution < -0.4 is 4.90 Å². The fourth-order valence-corrected chi connectivity index (χ4v) is 2.94. The molecule has 3 nitrogen and oxygen atoms in total. The number of aromatic nitrogens is 1. The first-order valence-electron chi connectivity index (χ1n) is 7.10. The maximum Gasteiger partial charge on any atom is 0.132 e. The molecule has 18 heavy (non-hydrogen) atoms. The van der Waals surface area contributed by atoms with Crippen LogP contribution in [0.5, 0.6) is 0 Å². The summed E-state index contributed by atoms with van der Waals surface area (Å²) in [5, 5.41) is 0. The Balaban J connectivity index is 2.27. The maximum absolute atomic E-state index is 4.55. The summed E-state index contributed by atoms with van der Waals surface area (Å²) in [5.74, 6) is 1.13. The van der Waals surface area contributed by atoms with Gasteiger partial charge in [0, 0.05) is 31.9 Å². The fraction of sp³-hybridized carbons (Fsp3) is 0.667. The SMILES string of the molecule is CCCN1CCCCC1c1cccnc1N(C)C. The van der Waals surface area contributed by atoms with Crippen molar-refractivity contribution < 1.29 is 0 Å². The molecule has 1 unspecified atom stereocenters. The summed E-state index contributed by atoms with van der Waals surface area (Å²) < 4.78 is 0. The molecule has 3 heteroatoms. The molecule has 1 fully saturated rings. The van der Waals surface area contributed by atoms with Gasteiger partial charge in [0.15, 0.2) is 0 Å². The molecule has 0 amide bonds. The van der Waals surface area contributed by atoms with Crippen molar-refractivity contribution in [2.45, 2.75) is 38.6 Å². The molecule has 2 heterocycles. The lowest BCUT2D eigenvalue weighted by molar-refractivity contribution is 0.149. The Bertz CT molecular complexity index is 374. The molecule has 0 aliphatic carbocycles. The molecule has 0 saturated carbocycles. The lowest BCUT2D eigenvalue weighted by Crippen LogP contribution is -2.34. The topological polar surface area (TPSA) is 19.4 Å². The smallest absolute Gasteiger partial charge is 0.132 e. The first kappa shape index (κ1) is 13.3. The first-order valence-corrected chi connectivity index (χ1v) is 7.10. The number of hydrogen-bond acceptors (Lipinski definition) is 3. The summed E-state index contributed by atoms with van der Waals surface area (Å²) in [6.07, 6.45) is 7.08. The largest absolute Gasteiger partial charge is 0.362 e. The lowest BCUT2D eigenvalue weighted by Gasteiger charge is -2.37. The van der Waals surface area contributed by atoms with Crippen LogP contribution in [-0.4, -0.2) is 37.1 Å². The Morgan fingerprint density at radius 1 is 1.39 bits per heavy atom. The van der Waals surface area contributed by atoms with Gasteiger partial charge in [0.1, 0.15) is 5.82 Å². The minimum Gasteiger partial charge on any atom is -0.362 e. The Morgan fingerprint density at radius 2 is 2.22 bits per heavy atom. The van der Waals surface area contributed by atoms with E-state index in [-0.39, 0.29) is 0 Å². The Hall–Kier alpha value is -1.09. The molecule has 0 spiro atoms. The van der Waals surface area contributed by atoms with Crippen LogP contribution in [0.15, 0.2) is 18.3 Å². The van der Waals surface area contributed by atoms with Gasteiger partial charge >= 0.3 is 0 Å². The van der Waals surface area contributed by atoms with E-state index >= 15 is 0 Å². The minimum atomic E-state index is 0.560. The van der Waals surface area contributed by atoms with Crippen molar-refractivity contribution in [1.82, 2.24) is 9.88 Å². The molecule has 100 valence electrons. The van der Waals surface area contributed by atoms with E-state index < -0.39 is 0 Å². The standard InChI is InChI=1S/C15H25N3/c1-4-11-18-12-6-5-9-14(18)13-8-7-10-16-15(13)17(2)3/h7-8,10,14H,4-6,9,11-12H2,1-3H3. The van der Waals surface area contributed by atoms with Crippen LogP contribution in [0.1, 0.15) is 44.2 Å². The molecular formula is C15H25N3. The zero-order chi connectivity index (χ0) is 13.0. The monoisotopic (exact) mass is 247 g/mol. The Labute approximate surface area is 111 Å². The molecular weight excluding hydrogens is 222 g/mol. The lowest BCUT2D eigenvalue weighted by atomic mass is 9.95. The second kappa shape index (κ2) is 6.19. The predicted molar refractivity (Wildman–Crippen MR) is 77.0 cm³/mol. The van der Waals surface area contributed by atoms with Crippen molar-refractivity contribution in [3.63, 3.8) is 0 Å². The van der Waals surface area contributed by atoms with Gasteiger partial charge in [-0.2, -0.15) is 0 Å². The van der Waals surface area contributed by atoms with Crippen LogP contribution in [0.4, 0.5) is 5.82 Å². The van der Waals surface area contributed by atoms with Crippen LogP contribution in [-0.2, 0) is 0 Å². The molecule has 1 aliphatic heterocycles. The molecule has 0 N–H and O–H groups in total. The first-order chi connectivity index (χ1) is 8.74. The number of likely N-dealkylation sites (tertiary alicyclic amines) is 1. The molecule has 0 radical (unpaired) electrons. The van der Waals surface area contributed by atoms with Crippen molar-refractivity contribution in [3.05, 3.63) is 23.9 Å². The van der Waals surface area contributed by atoms with E-state index in [0.29, 0.717) is 6.04 Å². The van der Waals surface area contributed by atoms with Gasteiger partial charge in [-0.05, 0) is 38.4 Å². The summed E-state index contributed by atoms with van der Waals surface area (Å²) in [6.45, 7) is 4.70. The number of rotatable bonds is 4. The summed E-state index contributed by atoms with van der Waals surface area (Å²) in [5.41, 5.74) is 1.40. The van der Waals surface area contributed by atoms with Gasteiger partial charge in [-0.15, -0.1) is 0 Å². The summed E-state index contributed by atoms with van der Waals surface area (Å²) in [7, 11) is 4.16. The van der Waals surface area contributed by atoms with E-state index in [0.717, 1.165) is 5.82 Å². The predicted octanol–water partition coefficient (Wildman–Crippen LogP) is 3.08. The van der Waals surface area contributed by atoms with E-state index in [1.165, 1.54) is 44.3 Å². The zero-order valence-electron chi connectivity index (χ0n) is 11.9. The highest BCUT2D eigenvalue weighted by Gasteiger charge is 2.25. The minimum absolute atomic E-state index is 0.560. The van der Waals surface area contributed by atoms with Crippen LogP contribution in [0.2, 0.25) is 0 Å². The molecule has 1 atom stereocenters. The molecule has 2 rings (SSSR count). The van der Waals surface area contributed by atoms with Crippen molar-refractivity contribution in [2.75, 3.05) is 32.1 Å². The van der Waals surface area contributed by atoms with Crippen LogP contribution in [0.3, 0.4) is 0 Å². The third kappa shape index (κ3) is 2.83.